The fourth-order valence-corrected chi connectivity index (χ4v) is 2.83. The van der Waals surface area contributed by atoms with Crippen LogP contribution in [0.15, 0.2) is 54.6 Å². The first kappa shape index (κ1) is 12.5. The van der Waals surface area contributed by atoms with Gasteiger partial charge in [-0.15, -0.1) is 0 Å². The van der Waals surface area contributed by atoms with E-state index < -0.39 is 0 Å². The molecule has 0 unspecified atom stereocenters. The first-order valence-corrected chi connectivity index (χ1v) is 8.50. The zero-order valence-corrected chi connectivity index (χ0v) is 11.9. The molecule has 2 aromatic rings. The van der Waals surface area contributed by atoms with Gasteiger partial charge in [-0.2, -0.15) is 0 Å². The molecule has 17 heavy (non-hydrogen) atoms. The third-order valence-electron chi connectivity index (χ3n) is 2.59. The maximum absolute atomic E-state index is 5.87. The Hall–Kier alpha value is -0.977. The number of halogens is 1. The average molecular weight is 332 g/mol. The minimum absolute atomic E-state index is 0.201. The third-order valence-corrected chi connectivity index (χ3v) is 3.78. The summed E-state index contributed by atoms with van der Waals surface area (Å²) in [5.41, 5.74) is 3.57. The zero-order valence-electron chi connectivity index (χ0n) is 9.45. The van der Waals surface area contributed by atoms with Crippen LogP contribution in [0.25, 0.3) is 0 Å². The van der Waals surface area contributed by atoms with Crippen molar-refractivity contribution in [1.82, 2.24) is 0 Å². The van der Waals surface area contributed by atoms with Gasteiger partial charge in [0.15, 0.2) is 0 Å². The van der Waals surface area contributed by atoms with Crippen LogP contribution in [0.5, 0.6) is 0 Å². The SMILES string of the molecule is CN(c1ccccc1)c1ccccc1[CH]=[Ru][Cl]. The molecule has 3 heteroatoms. The van der Waals surface area contributed by atoms with Crippen LogP contribution in [-0.4, -0.2) is 11.7 Å². The van der Waals surface area contributed by atoms with Gasteiger partial charge in [-0.3, -0.25) is 0 Å². The number of nitrogens with zero attached hydrogens (tertiary/aromatic N) is 1. The average Bonchev–Trinajstić information content (AvgIpc) is 2.40. The van der Waals surface area contributed by atoms with Crippen LogP contribution in [-0.2, 0) is 15.7 Å². The number of para-hydroxylation sites is 2. The van der Waals surface area contributed by atoms with E-state index >= 15 is 0 Å². The van der Waals surface area contributed by atoms with Crippen molar-refractivity contribution in [2.24, 2.45) is 0 Å². The fraction of sp³-hybridized carbons (Fsp3) is 0.0714. The van der Waals surface area contributed by atoms with E-state index in [1.54, 1.807) is 0 Å². The molecular formula is C14H13ClNRu. The quantitative estimate of drug-likeness (QED) is 0.772. The fourth-order valence-electron chi connectivity index (χ4n) is 1.71. The van der Waals surface area contributed by atoms with E-state index in [0.29, 0.717) is 0 Å². The van der Waals surface area contributed by atoms with Crippen molar-refractivity contribution in [3.63, 3.8) is 0 Å². The van der Waals surface area contributed by atoms with E-state index in [1.165, 1.54) is 16.9 Å². The molecule has 0 aromatic heterocycles. The molecule has 0 bridgehead atoms. The second-order valence-corrected chi connectivity index (χ2v) is 5.43. The van der Waals surface area contributed by atoms with Gasteiger partial charge in [0, 0.05) is 0 Å². The molecule has 1 nitrogen and oxygen atoms in total. The molecule has 2 rings (SSSR count). The standard InChI is InChI=1S/C14H13N.ClH.Ru/c1-12-8-6-7-11-14(12)15(2)13-9-4-3-5-10-13;;/h1,3-11H,2H3;1H;/q;;+1/p-1. The molecule has 0 amide bonds. The van der Waals surface area contributed by atoms with Gasteiger partial charge in [0.05, 0.1) is 0 Å². The minimum atomic E-state index is -0.201. The van der Waals surface area contributed by atoms with Gasteiger partial charge < -0.3 is 0 Å². The van der Waals surface area contributed by atoms with Crippen molar-refractivity contribution in [2.75, 3.05) is 11.9 Å². The van der Waals surface area contributed by atoms with Gasteiger partial charge in [0.1, 0.15) is 0 Å². The van der Waals surface area contributed by atoms with E-state index in [4.69, 9.17) is 9.69 Å². The summed E-state index contributed by atoms with van der Waals surface area (Å²) in [6.07, 6.45) is 0. The molecule has 0 atom stereocenters. The molecule has 0 fully saturated rings. The topological polar surface area (TPSA) is 3.24 Å². The van der Waals surface area contributed by atoms with Crippen molar-refractivity contribution in [1.29, 1.82) is 0 Å². The summed E-state index contributed by atoms with van der Waals surface area (Å²) in [5.74, 6) is 0. The molecule has 0 N–H and O–H groups in total. The molecule has 0 aliphatic rings. The Bertz CT molecular complexity index is 511. The first-order valence-electron chi connectivity index (χ1n) is 5.26. The molecule has 0 saturated carbocycles. The van der Waals surface area contributed by atoms with Crippen molar-refractivity contribution in [3.05, 3.63) is 60.2 Å². The molecule has 0 saturated heterocycles. The number of rotatable bonds is 3. The van der Waals surface area contributed by atoms with Gasteiger partial charge >= 0.3 is 113 Å². The van der Waals surface area contributed by atoms with Gasteiger partial charge in [-0.1, -0.05) is 0 Å². The van der Waals surface area contributed by atoms with Gasteiger partial charge in [-0.25, -0.2) is 0 Å². The van der Waals surface area contributed by atoms with Crippen molar-refractivity contribution in [3.8, 4) is 0 Å². The van der Waals surface area contributed by atoms with Crippen LogP contribution < -0.4 is 4.90 Å². The summed E-state index contributed by atoms with van der Waals surface area (Å²) < 4.78 is 2.11. The van der Waals surface area contributed by atoms with Crippen LogP contribution in [0, 0.1) is 0 Å². The van der Waals surface area contributed by atoms with E-state index in [9.17, 15) is 0 Å². The second-order valence-electron chi connectivity index (χ2n) is 3.63. The molecule has 0 spiro atoms. The third kappa shape index (κ3) is 3.02. The Morgan fingerprint density at radius 1 is 1.00 bits per heavy atom. The number of benzene rings is 2. The zero-order chi connectivity index (χ0) is 12.1. The monoisotopic (exact) mass is 332 g/mol. The van der Waals surface area contributed by atoms with Crippen molar-refractivity contribution < 1.29 is 15.7 Å². The summed E-state index contributed by atoms with van der Waals surface area (Å²) in [5, 5.41) is 0. The van der Waals surface area contributed by atoms with E-state index in [-0.39, 0.29) is 15.7 Å². The van der Waals surface area contributed by atoms with Gasteiger partial charge in [-0.05, 0) is 0 Å². The number of hydrogen-bond donors (Lipinski definition) is 0. The summed E-state index contributed by atoms with van der Waals surface area (Å²) in [4.78, 5) is 2.18. The van der Waals surface area contributed by atoms with Crippen molar-refractivity contribution >= 4 is 25.7 Å². The second kappa shape index (κ2) is 6.09. The summed E-state index contributed by atoms with van der Waals surface area (Å²) in [7, 11) is 7.95. The summed E-state index contributed by atoms with van der Waals surface area (Å²) in [6, 6.07) is 18.6. The van der Waals surface area contributed by atoms with Gasteiger partial charge in [0.25, 0.3) is 0 Å². The predicted octanol–water partition coefficient (Wildman–Crippen LogP) is 3.84. The molecule has 2 aromatic carbocycles. The van der Waals surface area contributed by atoms with Crippen LogP contribution in [0.2, 0.25) is 0 Å². The molecule has 0 heterocycles. The van der Waals surface area contributed by atoms with Crippen LogP contribution >= 0.6 is 9.69 Å². The molecule has 0 aliphatic heterocycles. The van der Waals surface area contributed by atoms with Crippen LogP contribution in [0.4, 0.5) is 11.4 Å². The Balaban J connectivity index is 2.40. The van der Waals surface area contributed by atoms with Crippen LogP contribution in [0.1, 0.15) is 5.56 Å². The van der Waals surface area contributed by atoms with E-state index in [1.807, 2.05) is 24.3 Å². The molecule has 89 valence electrons. The van der Waals surface area contributed by atoms with E-state index in [0.717, 1.165) is 0 Å². The van der Waals surface area contributed by atoms with Crippen molar-refractivity contribution in [2.45, 2.75) is 0 Å². The summed E-state index contributed by atoms with van der Waals surface area (Å²) in [6.45, 7) is 0. The predicted molar refractivity (Wildman–Crippen MR) is 72.0 cm³/mol. The maximum atomic E-state index is 5.87. The first-order chi connectivity index (χ1) is 8.33. The summed E-state index contributed by atoms with van der Waals surface area (Å²) >= 11 is -0.201. The molecular weight excluding hydrogens is 319 g/mol. The normalized spacial score (nSPS) is 11.2. The van der Waals surface area contributed by atoms with Gasteiger partial charge in [0.2, 0.25) is 0 Å². The molecule has 0 radical (unpaired) electrons. The van der Waals surface area contributed by atoms with Crippen LogP contribution in [0.3, 0.4) is 0 Å². The Morgan fingerprint density at radius 3 is 2.35 bits per heavy atom. The Labute approximate surface area is 113 Å². The molecule has 0 aliphatic carbocycles. The number of anilines is 2. The van der Waals surface area contributed by atoms with E-state index in [2.05, 4.69) is 46.9 Å². The Kier molecular flexibility index (Phi) is 4.47. The number of hydrogen-bond acceptors (Lipinski definition) is 1. The Morgan fingerprint density at radius 2 is 1.65 bits per heavy atom.